The molecule has 0 bridgehead atoms. The summed E-state index contributed by atoms with van der Waals surface area (Å²) in [6.45, 7) is 7.15. The Morgan fingerprint density at radius 1 is 1.29 bits per heavy atom. The van der Waals surface area contributed by atoms with Crippen molar-refractivity contribution in [2.45, 2.75) is 40.2 Å². The highest BCUT2D eigenvalue weighted by molar-refractivity contribution is 5.93. The molecule has 5 nitrogen and oxygen atoms in total. The van der Waals surface area contributed by atoms with Crippen molar-refractivity contribution in [2.75, 3.05) is 10.6 Å². The third-order valence-electron chi connectivity index (χ3n) is 3.08. The number of hydrogen-bond acceptors (Lipinski definition) is 3. The van der Waals surface area contributed by atoms with Crippen molar-refractivity contribution < 1.29 is 14.0 Å². The molecule has 0 saturated carbocycles. The second kappa shape index (κ2) is 6.67. The van der Waals surface area contributed by atoms with Crippen molar-refractivity contribution >= 4 is 23.2 Å². The number of nitrogens with two attached hydrogens (primary N) is 1. The molecule has 1 unspecified atom stereocenters. The molecule has 0 saturated heterocycles. The predicted octanol–water partition coefficient (Wildman–Crippen LogP) is 2.49. The quantitative estimate of drug-likeness (QED) is 0.798. The van der Waals surface area contributed by atoms with Crippen LogP contribution in [0.5, 0.6) is 0 Å². The second-order valence-electron chi connectivity index (χ2n) is 6.10. The molecule has 0 aromatic heterocycles. The Kier molecular flexibility index (Phi) is 5.43. The molecule has 21 heavy (non-hydrogen) atoms. The van der Waals surface area contributed by atoms with Crippen molar-refractivity contribution in [1.82, 2.24) is 0 Å². The maximum absolute atomic E-state index is 13.7. The molecule has 0 radical (unpaired) electrons. The average molecular weight is 295 g/mol. The molecule has 116 valence electrons. The highest BCUT2D eigenvalue weighted by Crippen LogP contribution is 2.22. The van der Waals surface area contributed by atoms with Crippen molar-refractivity contribution in [3.05, 3.63) is 24.0 Å². The van der Waals surface area contributed by atoms with E-state index in [0.29, 0.717) is 5.69 Å². The summed E-state index contributed by atoms with van der Waals surface area (Å²) in [6.07, 6.45) is 0.0906. The lowest BCUT2D eigenvalue weighted by molar-refractivity contribution is -0.117. The average Bonchev–Trinajstić information content (AvgIpc) is 2.31. The summed E-state index contributed by atoms with van der Waals surface area (Å²) >= 11 is 0. The molecule has 0 heterocycles. The number of amides is 2. The summed E-state index contributed by atoms with van der Waals surface area (Å²) in [6, 6.07) is 3.65. The molecule has 6 heteroatoms. The van der Waals surface area contributed by atoms with Crippen LogP contribution in [0.4, 0.5) is 15.8 Å². The smallest absolute Gasteiger partial charge is 0.226 e. The molecule has 0 fully saturated rings. The molecular formula is C15H22FN3O2. The lowest BCUT2D eigenvalue weighted by Crippen LogP contribution is -2.38. The summed E-state index contributed by atoms with van der Waals surface area (Å²) in [5.74, 6) is -1.20. The van der Waals surface area contributed by atoms with E-state index in [0.717, 1.165) is 0 Å². The van der Waals surface area contributed by atoms with Gasteiger partial charge in [-0.25, -0.2) is 4.39 Å². The Balaban J connectivity index is 2.78. The van der Waals surface area contributed by atoms with Crippen LogP contribution in [0.1, 0.15) is 34.1 Å². The summed E-state index contributed by atoms with van der Waals surface area (Å²) in [7, 11) is 0. The van der Waals surface area contributed by atoms with E-state index in [2.05, 4.69) is 10.6 Å². The number of anilines is 2. The first kappa shape index (κ1) is 17.1. The maximum Gasteiger partial charge on any atom is 0.226 e. The van der Waals surface area contributed by atoms with Crippen molar-refractivity contribution in [3.8, 4) is 0 Å². The van der Waals surface area contributed by atoms with Gasteiger partial charge in [0, 0.05) is 25.1 Å². The van der Waals surface area contributed by atoms with E-state index in [1.807, 2.05) is 20.8 Å². The molecular weight excluding hydrogens is 273 g/mol. The fourth-order valence-corrected chi connectivity index (χ4v) is 1.61. The van der Waals surface area contributed by atoms with Gasteiger partial charge in [0.25, 0.3) is 0 Å². The third kappa shape index (κ3) is 5.51. The fraction of sp³-hybridized carbons (Fsp3) is 0.467. The zero-order valence-corrected chi connectivity index (χ0v) is 12.8. The molecule has 0 aliphatic heterocycles. The van der Waals surface area contributed by atoms with Crippen LogP contribution in [0, 0.1) is 11.2 Å². The molecule has 0 aliphatic rings. The number of hydrogen-bond donors (Lipinski definition) is 3. The molecule has 4 N–H and O–H groups in total. The monoisotopic (exact) mass is 295 g/mol. The van der Waals surface area contributed by atoms with Gasteiger partial charge in [0.15, 0.2) is 0 Å². The Hall–Kier alpha value is -1.95. The van der Waals surface area contributed by atoms with Crippen molar-refractivity contribution in [3.63, 3.8) is 0 Å². The number of benzene rings is 1. The number of rotatable bonds is 4. The minimum Gasteiger partial charge on any atom is -0.327 e. The lowest BCUT2D eigenvalue weighted by Gasteiger charge is -2.26. The summed E-state index contributed by atoms with van der Waals surface area (Å²) < 4.78 is 13.7. The Morgan fingerprint density at radius 3 is 2.43 bits per heavy atom. The zero-order valence-electron chi connectivity index (χ0n) is 12.8. The van der Waals surface area contributed by atoms with Gasteiger partial charge in [-0.2, -0.15) is 0 Å². The summed E-state index contributed by atoms with van der Waals surface area (Å²) in [5.41, 5.74) is 6.15. The van der Waals surface area contributed by atoms with E-state index in [-0.39, 0.29) is 35.4 Å². The molecule has 1 atom stereocenters. The van der Waals surface area contributed by atoms with Gasteiger partial charge in [-0.05, 0) is 23.6 Å². The molecule has 1 rings (SSSR count). The summed E-state index contributed by atoms with van der Waals surface area (Å²) in [4.78, 5) is 22.9. The van der Waals surface area contributed by atoms with E-state index >= 15 is 0 Å². The van der Waals surface area contributed by atoms with E-state index in [9.17, 15) is 14.0 Å². The zero-order chi connectivity index (χ0) is 16.2. The predicted molar refractivity (Wildman–Crippen MR) is 81.4 cm³/mol. The SMILES string of the molecule is CC(=O)Nc1ccc(F)c(NC(=O)CC(N)C(C)(C)C)c1. The molecule has 0 aliphatic carbocycles. The normalized spacial score (nSPS) is 12.7. The molecule has 1 aromatic rings. The van der Waals surface area contributed by atoms with Crippen LogP contribution in [0.15, 0.2) is 18.2 Å². The van der Waals surface area contributed by atoms with Gasteiger partial charge in [-0.3, -0.25) is 9.59 Å². The lowest BCUT2D eigenvalue weighted by atomic mass is 9.85. The molecule has 1 aromatic carbocycles. The highest BCUT2D eigenvalue weighted by atomic mass is 19.1. The van der Waals surface area contributed by atoms with E-state index in [1.54, 1.807) is 0 Å². The number of carbonyl (C=O) groups is 2. The maximum atomic E-state index is 13.7. The van der Waals surface area contributed by atoms with Gasteiger partial charge in [-0.1, -0.05) is 20.8 Å². The van der Waals surface area contributed by atoms with E-state index < -0.39 is 5.82 Å². The first-order valence-electron chi connectivity index (χ1n) is 6.72. The first-order valence-corrected chi connectivity index (χ1v) is 6.72. The van der Waals surface area contributed by atoms with Crippen LogP contribution in [-0.2, 0) is 9.59 Å². The van der Waals surface area contributed by atoms with E-state index in [4.69, 9.17) is 5.73 Å². The highest BCUT2D eigenvalue weighted by Gasteiger charge is 2.23. The third-order valence-corrected chi connectivity index (χ3v) is 3.08. The van der Waals surface area contributed by atoms with Gasteiger partial charge >= 0.3 is 0 Å². The van der Waals surface area contributed by atoms with Gasteiger partial charge in [0.2, 0.25) is 11.8 Å². The Labute approximate surface area is 124 Å². The van der Waals surface area contributed by atoms with Crippen LogP contribution in [0.2, 0.25) is 0 Å². The first-order chi connectivity index (χ1) is 9.59. The molecule has 2 amide bonds. The number of nitrogens with one attached hydrogen (secondary N) is 2. The van der Waals surface area contributed by atoms with Crippen LogP contribution in [-0.4, -0.2) is 17.9 Å². The largest absolute Gasteiger partial charge is 0.327 e. The number of halogens is 1. The van der Waals surface area contributed by atoms with Crippen LogP contribution < -0.4 is 16.4 Å². The van der Waals surface area contributed by atoms with Gasteiger partial charge < -0.3 is 16.4 Å². The molecule has 0 spiro atoms. The fourth-order valence-electron chi connectivity index (χ4n) is 1.61. The van der Waals surface area contributed by atoms with E-state index in [1.165, 1.54) is 25.1 Å². The minimum atomic E-state index is -0.568. The van der Waals surface area contributed by atoms with Gasteiger partial charge in [-0.15, -0.1) is 0 Å². The number of carbonyl (C=O) groups excluding carboxylic acids is 2. The summed E-state index contributed by atoms with van der Waals surface area (Å²) in [5, 5.41) is 5.01. The van der Waals surface area contributed by atoms with Crippen LogP contribution in [0.25, 0.3) is 0 Å². The minimum absolute atomic E-state index is 0.0207. The van der Waals surface area contributed by atoms with Crippen LogP contribution >= 0.6 is 0 Å². The standard InChI is InChI=1S/C15H22FN3O2/c1-9(20)18-10-5-6-11(16)12(7-10)19-14(21)8-13(17)15(2,3)4/h5-7,13H,8,17H2,1-4H3,(H,18,20)(H,19,21). The van der Waals surface area contributed by atoms with Crippen molar-refractivity contribution in [1.29, 1.82) is 0 Å². The topological polar surface area (TPSA) is 84.2 Å². The Morgan fingerprint density at radius 2 is 1.90 bits per heavy atom. The van der Waals surface area contributed by atoms with Gasteiger partial charge in [0.1, 0.15) is 5.82 Å². The van der Waals surface area contributed by atoms with Crippen LogP contribution in [0.3, 0.4) is 0 Å². The van der Waals surface area contributed by atoms with Crippen molar-refractivity contribution in [2.24, 2.45) is 11.1 Å². The Bertz CT molecular complexity index is 538. The second-order valence-corrected chi connectivity index (χ2v) is 6.10. The van der Waals surface area contributed by atoms with Gasteiger partial charge in [0.05, 0.1) is 5.69 Å².